The van der Waals surface area contributed by atoms with Crippen LogP contribution in [0.4, 0.5) is 0 Å². The van der Waals surface area contributed by atoms with Crippen molar-refractivity contribution in [2.45, 2.75) is 207 Å². The third-order valence-corrected chi connectivity index (χ3v) is 10.3. The fourth-order valence-electron chi connectivity index (χ4n) is 7.49. The lowest BCUT2D eigenvalue weighted by Gasteiger charge is -2.55. The highest BCUT2D eigenvalue weighted by atomic mass is 17.4. The van der Waals surface area contributed by atoms with Crippen molar-refractivity contribution in [1.82, 2.24) is 0 Å². The van der Waals surface area contributed by atoms with Crippen molar-refractivity contribution < 1.29 is 29.3 Å². The monoisotopic (exact) mass is 599 g/mol. The van der Waals surface area contributed by atoms with Gasteiger partial charge in [-0.2, -0.15) is 19.6 Å². The van der Waals surface area contributed by atoms with Crippen LogP contribution in [-0.2, 0) is 29.3 Å². The average molecular weight is 599 g/mol. The molecule has 0 saturated heterocycles. The van der Waals surface area contributed by atoms with Crippen LogP contribution in [0.1, 0.15) is 196 Å². The van der Waals surface area contributed by atoms with Crippen LogP contribution in [-0.4, -0.2) is 24.8 Å². The molecule has 2 fully saturated rings. The van der Waals surface area contributed by atoms with Crippen LogP contribution in [0.25, 0.3) is 0 Å². The highest BCUT2D eigenvalue weighted by Crippen LogP contribution is 2.58. The third-order valence-electron chi connectivity index (χ3n) is 10.3. The smallest absolute Gasteiger partial charge is 0.234 e. The Labute approximate surface area is 260 Å². The lowest BCUT2D eigenvalue weighted by molar-refractivity contribution is -0.615. The first-order valence-corrected chi connectivity index (χ1v) is 18.5. The number of hydrogen-bond acceptors (Lipinski definition) is 6. The van der Waals surface area contributed by atoms with Crippen LogP contribution in [0.2, 0.25) is 0 Å². The Morgan fingerprint density at radius 3 is 1.00 bits per heavy atom. The molecule has 2 unspecified atom stereocenters. The van der Waals surface area contributed by atoms with Crippen LogP contribution in [0.5, 0.6) is 0 Å². The van der Waals surface area contributed by atoms with Crippen LogP contribution in [0.3, 0.4) is 0 Å². The molecule has 2 aliphatic rings. The van der Waals surface area contributed by atoms with Crippen LogP contribution in [0, 0.1) is 10.8 Å². The van der Waals surface area contributed by atoms with Crippen LogP contribution < -0.4 is 0 Å². The van der Waals surface area contributed by atoms with Gasteiger partial charge in [0.2, 0.25) is 11.6 Å². The van der Waals surface area contributed by atoms with Gasteiger partial charge in [-0.15, -0.1) is 0 Å². The topological polar surface area (TPSA) is 55.4 Å². The minimum Gasteiger partial charge on any atom is -0.234 e. The Balaban J connectivity index is 2.54. The van der Waals surface area contributed by atoms with Crippen molar-refractivity contribution in [2.75, 3.05) is 13.2 Å². The summed E-state index contributed by atoms with van der Waals surface area (Å²) in [4.78, 5) is 39.0. The molecular formula is C36H70O6. The van der Waals surface area contributed by atoms with Crippen molar-refractivity contribution in [2.24, 2.45) is 10.8 Å². The van der Waals surface area contributed by atoms with Gasteiger partial charge >= 0.3 is 0 Å². The Hall–Kier alpha value is -0.240. The molecule has 6 heteroatoms. The van der Waals surface area contributed by atoms with E-state index < -0.39 is 11.6 Å². The second-order valence-corrected chi connectivity index (χ2v) is 13.6. The molecule has 0 radical (unpaired) electrons. The molecule has 2 atom stereocenters. The van der Waals surface area contributed by atoms with Crippen molar-refractivity contribution in [3.8, 4) is 0 Å². The summed E-state index contributed by atoms with van der Waals surface area (Å²) in [6.45, 7) is 14.6. The number of unbranched alkanes of at least 4 members (excludes halogenated alkanes) is 6. The second kappa shape index (κ2) is 20.7. The van der Waals surface area contributed by atoms with Gasteiger partial charge in [-0.1, -0.05) is 119 Å². The van der Waals surface area contributed by atoms with Crippen LogP contribution in [0.15, 0.2) is 0 Å². The lowest BCUT2D eigenvalue weighted by atomic mass is 9.63. The summed E-state index contributed by atoms with van der Waals surface area (Å²) in [6.07, 6.45) is 25.6. The fourth-order valence-corrected chi connectivity index (χ4v) is 7.49. The summed E-state index contributed by atoms with van der Waals surface area (Å²) in [5.74, 6) is -1.91. The number of hydrogen-bond donors (Lipinski definition) is 0. The highest BCUT2D eigenvalue weighted by Gasteiger charge is 2.61. The summed E-state index contributed by atoms with van der Waals surface area (Å²) in [6, 6.07) is 0. The summed E-state index contributed by atoms with van der Waals surface area (Å²) < 4.78 is 0. The van der Waals surface area contributed by atoms with Crippen molar-refractivity contribution in [3.05, 3.63) is 0 Å². The molecule has 6 nitrogen and oxygen atoms in total. The Morgan fingerprint density at radius 1 is 0.381 bits per heavy atom. The molecule has 2 aliphatic carbocycles. The molecule has 0 amide bonds. The summed E-state index contributed by atoms with van der Waals surface area (Å²) in [5, 5.41) is 0. The second-order valence-electron chi connectivity index (χ2n) is 13.6. The normalized spacial score (nSPS) is 25.6. The van der Waals surface area contributed by atoms with E-state index in [0.29, 0.717) is 13.2 Å². The maximum atomic E-state index is 6.92. The first kappa shape index (κ1) is 37.9. The van der Waals surface area contributed by atoms with Crippen molar-refractivity contribution in [3.63, 3.8) is 0 Å². The Bertz CT molecular complexity index is 599. The molecule has 0 aromatic heterocycles. The van der Waals surface area contributed by atoms with E-state index >= 15 is 0 Å². The van der Waals surface area contributed by atoms with E-state index in [1.54, 1.807) is 0 Å². The predicted molar refractivity (Wildman–Crippen MR) is 171 cm³/mol. The minimum absolute atomic E-state index is 0.155. The molecule has 0 aromatic carbocycles. The summed E-state index contributed by atoms with van der Waals surface area (Å²) in [7, 11) is 0. The summed E-state index contributed by atoms with van der Waals surface area (Å²) in [5.41, 5.74) is -0.310. The maximum absolute atomic E-state index is 6.92. The number of rotatable bonds is 25. The highest BCUT2D eigenvalue weighted by molar-refractivity contribution is 4.99. The Kier molecular flexibility index (Phi) is 18.7. The first-order chi connectivity index (χ1) is 20.5. The van der Waals surface area contributed by atoms with E-state index in [-0.39, 0.29) is 10.8 Å². The molecule has 0 heterocycles. The molecule has 42 heavy (non-hydrogen) atoms. The van der Waals surface area contributed by atoms with E-state index in [1.165, 1.54) is 12.8 Å². The van der Waals surface area contributed by atoms with E-state index in [2.05, 4.69) is 41.5 Å². The van der Waals surface area contributed by atoms with E-state index in [0.717, 1.165) is 141 Å². The molecule has 2 rings (SSSR count). The molecule has 0 aliphatic heterocycles. The molecule has 250 valence electrons. The van der Waals surface area contributed by atoms with Gasteiger partial charge in [0, 0.05) is 23.7 Å². The first-order valence-electron chi connectivity index (χ1n) is 18.5. The zero-order chi connectivity index (χ0) is 30.6. The Morgan fingerprint density at radius 2 is 0.690 bits per heavy atom. The molecule has 0 spiro atoms. The zero-order valence-electron chi connectivity index (χ0n) is 28.8. The summed E-state index contributed by atoms with van der Waals surface area (Å²) >= 11 is 0. The zero-order valence-corrected chi connectivity index (χ0v) is 28.8. The van der Waals surface area contributed by atoms with E-state index in [9.17, 15) is 0 Å². The quantitative estimate of drug-likeness (QED) is 0.0451. The van der Waals surface area contributed by atoms with Gasteiger partial charge < -0.3 is 0 Å². The fraction of sp³-hybridized carbons (Fsp3) is 1.00. The van der Waals surface area contributed by atoms with E-state index in [4.69, 9.17) is 29.3 Å². The SMILES string of the molecule is CCCCOOC1(OOC2(OOCCCC)CCCCC2(CCCC)CCCC)CCCCC1(CCCC)CCCC. The molecule has 0 bridgehead atoms. The lowest BCUT2D eigenvalue weighted by Crippen LogP contribution is -2.60. The maximum Gasteiger partial charge on any atom is 0.239 e. The van der Waals surface area contributed by atoms with Crippen molar-refractivity contribution >= 4 is 0 Å². The van der Waals surface area contributed by atoms with Gasteiger partial charge in [-0.25, -0.2) is 9.78 Å². The molecule has 0 N–H and O–H groups in total. The average Bonchev–Trinajstić information content (AvgIpc) is 3.02. The standard InChI is InChI=1S/C36H70O6/c1-7-13-23-33(24-14-8-2)27-19-21-29-35(33,39-37-31-17-11-5)41-42-36(40-38-32-18-12-6)30-22-20-28-34(36,25-15-9-3)26-16-10-4/h7-32H2,1-6H3. The van der Waals surface area contributed by atoms with Gasteiger partial charge in [-0.3, -0.25) is 0 Å². The largest absolute Gasteiger partial charge is 0.239 e. The third kappa shape index (κ3) is 10.1. The van der Waals surface area contributed by atoms with Crippen LogP contribution >= 0.6 is 0 Å². The van der Waals surface area contributed by atoms with Gasteiger partial charge in [0.15, 0.2) is 0 Å². The van der Waals surface area contributed by atoms with E-state index in [1.807, 2.05) is 0 Å². The van der Waals surface area contributed by atoms with Gasteiger partial charge in [0.25, 0.3) is 0 Å². The van der Waals surface area contributed by atoms with Crippen molar-refractivity contribution in [1.29, 1.82) is 0 Å². The predicted octanol–water partition coefficient (Wildman–Crippen LogP) is 11.7. The minimum atomic E-state index is -0.957. The molecular weight excluding hydrogens is 528 g/mol. The van der Waals surface area contributed by atoms with Gasteiger partial charge in [0.05, 0.1) is 13.2 Å². The molecule has 2 saturated carbocycles. The van der Waals surface area contributed by atoms with Gasteiger partial charge in [-0.05, 0) is 64.2 Å². The van der Waals surface area contributed by atoms with Gasteiger partial charge in [0.1, 0.15) is 0 Å². The molecule has 0 aromatic rings.